The van der Waals surface area contributed by atoms with Gasteiger partial charge in [-0.15, -0.1) is 5.10 Å². The predicted molar refractivity (Wildman–Crippen MR) is 74.1 cm³/mol. The molecule has 1 amide bonds. The molecule has 0 unspecified atom stereocenters. The number of hydrogen-bond acceptors (Lipinski definition) is 5. The van der Waals surface area contributed by atoms with Crippen LogP contribution < -0.4 is 5.32 Å². The Labute approximate surface area is 120 Å². The molecule has 0 aliphatic heterocycles. The van der Waals surface area contributed by atoms with E-state index in [4.69, 9.17) is 0 Å². The van der Waals surface area contributed by atoms with Crippen LogP contribution in [-0.4, -0.2) is 34.2 Å². The number of hydrogen-bond donors (Lipinski definition) is 2. The van der Waals surface area contributed by atoms with Gasteiger partial charge < -0.3 is 10.1 Å². The van der Waals surface area contributed by atoms with Crippen LogP contribution in [0.4, 0.5) is 5.69 Å². The molecule has 21 heavy (non-hydrogen) atoms. The molecule has 0 bridgehead atoms. The lowest BCUT2D eigenvalue weighted by atomic mass is 10.2. The van der Waals surface area contributed by atoms with E-state index in [-0.39, 0.29) is 11.4 Å². The number of nitrogens with one attached hydrogen (secondary N) is 2. The van der Waals surface area contributed by atoms with Crippen molar-refractivity contribution in [3.63, 3.8) is 0 Å². The van der Waals surface area contributed by atoms with Gasteiger partial charge in [0.2, 0.25) is 5.82 Å². The molecule has 1 aliphatic rings. The monoisotopic (exact) mass is 286 g/mol. The number of rotatable bonds is 4. The molecule has 7 heteroatoms. The van der Waals surface area contributed by atoms with Crippen molar-refractivity contribution < 1.29 is 14.3 Å². The second-order valence-corrected chi connectivity index (χ2v) is 4.81. The smallest absolute Gasteiger partial charge is 0.339 e. The van der Waals surface area contributed by atoms with Crippen molar-refractivity contribution in [2.24, 2.45) is 0 Å². The second-order valence-electron chi connectivity index (χ2n) is 4.81. The highest BCUT2D eigenvalue weighted by atomic mass is 16.5. The summed E-state index contributed by atoms with van der Waals surface area (Å²) in [7, 11) is 1.29. The number of methoxy groups -OCH3 is 1. The number of aromatic amines is 1. The number of carbonyl (C=O) groups excluding carboxylic acids is 2. The van der Waals surface area contributed by atoms with Crippen LogP contribution in [0.1, 0.15) is 45.6 Å². The van der Waals surface area contributed by atoms with Crippen LogP contribution in [0.15, 0.2) is 24.3 Å². The summed E-state index contributed by atoms with van der Waals surface area (Å²) in [6.07, 6.45) is 2.14. The number of ether oxygens (including phenoxy) is 1. The highest BCUT2D eigenvalue weighted by molar-refractivity contribution is 6.06. The molecule has 1 fully saturated rings. The van der Waals surface area contributed by atoms with E-state index in [0.717, 1.165) is 18.7 Å². The number of amides is 1. The molecule has 2 aromatic rings. The maximum absolute atomic E-state index is 12.1. The summed E-state index contributed by atoms with van der Waals surface area (Å²) < 4.78 is 4.68. The third kappa shape index (κ3) is 2.76. The van der Waals surface area contributed by atoms with Crippen molar-refractivity contribution >= 4 is 17.6 Å². The van der Waals surface area contributed by atoms with Gasteiger partial charge in [0.15, 0.2) is 0 Å². The molecular weight excluding hydrogens is 272 g/mol. The minimum Gasteiger partial charge on any atom is -0.465 e. The molecular formula is C14H14N4O3. The van der Waals surface area contributed by atoms with E-state index in [0.29, 0.717) is 11.6 Å². The van der Waals surface area contributed by atoms with Gasteiger partial charge in [0, 0.05) is 5.92 Å². The van der Waals surface area contributed by atoms with Crippen LogP contribution in [0, 0.1) is 0 Å². The molecule has 1 aromatic carbocycles. The molecule has 7 nitrogen and oxygen atoms in total. The number of aromatic nitrogens is 3. The van der Waals surface area contributed by atoms with Gasteiger partial charge in [-0.3, -0.25) is 9.89 Å². The van der Waals surface area contributed by atoms with Crippen LogP contribution in [0.5, 0.6) is 0 Å². The Kier molecular flexibility index (Phi) is 3.39. The van der Waals surface area contributed by atoms with Crippen molar-refractivity contribution in [1.29, 1.82) is 0 Å². The first kappa shape index (κ1) is 13.3. The highest BCUT2D eigenvalue weighted by Crippen LogP contribution is 2.37. The zero-order valence-electron chi connectivity index (χ0n) is 11.4. The Morgan fingerprint density at radius 2 is 2.10 bits per heavy atom. The molecule has 1 aromatic heterocycles. The van der Waals surface area contributed by atoms with E-state index in [1.54, 1.807) is 24.3 Å². The molecule has 1 saturated carbocycles. The lowest BCUT2D eigenvalue weighted by Crippen LogP contribution is -2.16. The fraction of sp³-hybridized carbons (Fsp3) is 0.286. The maximum atomic E-state index is 12.1. The minimum absolute atomic E-state index is 0.0663. The third-order valence-corrected chi connectivity index (χ3v) is 3.25. The lowest BCUT2D eigenvalue weighted by Gasteiger charge is -2.07. The first-order chi connectivity index (χ1) is 10.2. The number of para-hydroxylation sites is 1. The number of esters is 1. The Balaban J connectivity index is 1.79. The van der Waals surface area contributed by atoms with Crippen LogP contribution in [0.3, 0.4) is 0 Å². The Bertz CT molecular complexity index is 691. The van der Waals surface area contributed by atoms with E-state index in [9.17, 15) is 9.59 Å². The van der Waals surface area contributed by atoms with Crippen molar-refractivity contribution in [2.45, 2.75) is 18.8 Å². The highest BCUT2D eigenvalue weighted by Gasteiger charge is 2.28. The number of carbonyl (C=O) groups is 2. The van der Waals surface area contributed by atoms with Gasteiger partial charge in [-0.25, -0.2) is 9.78 Å². The zero-order chi connectivity index (χ0) is 14.8. The molecule has 0 radical (unpaired) electrons. The second kappa shape index (κ2) is 5.35. The van der Waals surface area contributed by atoms with Gasteiger partial charge in [0.25, 0.3) is 5.91 Å². The molecule has 0 spiro atoms. The van der Waals surface area contributed by atoms with E-state index in [1.165, 1.54) is 7.11 Å². The normalized spacial score (nSPS) is 13.8. The Morgan fingerprint density at radius 3 is 2.81 bits per heavy atom. The van der Waals surface area contributed by atoms with E-state index in [1.807, 2.05) is 0 Å². The van der Waals surface area contributed by atoms with Crippen molar-refractivity contribution in [1.82, 2.24) is 15.2 Å². The fourth-order valence-corrected chi connectivity index (χ4v) is 1.97. The summed E-state index contributed by atoms with van der Waals surface area (Å²) >= 11 is 0. The van der Waals surface area contributed by atoms with E-state index >= 15 is 0 Å². The van der Waals surface area contributed by atoms with Crippen LogP contribution in [0.2, 0.25) is 0 Å². The van der Waals surface area contributed by atoms with Crippen LogP contribution in [-0.2, 0) is 4.74 Å². The molecule has 1 aliphatic carbocycles. The van der Waals surface area contributed by atoms with Crippen LogP contribution in [0.25, 0.3) is 0 Å². The number of benzene rings is 1. The summed E-state index contributed by atoms with van der Waals surface area (Å²) in [4.78, 5) is 27.9. The maximum Gasteiger partial charge on any atom is 0.339 e. The molecule has 0 atom stereocenters. The summed E-state index contributed by atoms with van der Waals surface area (Å²) in [5.41, 5.74) is 0.651. The van der Waals surface area contributed by atoms with E-state index < -0.39 is 11.9 Å². The minimum atomic E-state index is -0.514. The summed E-state index contributed by atoms with van der Waals surface area (Å²) in [6, 6.07) is 6.61. The SMILES string of the molecule is COC(=O)c1ccccc1NC(=O)c1n[nH]c(C2CC2)n1. The molecule has 3 rings (SSSR count). The van der Waals surface area contributed by atoms with Gasteiger partial charge in [0.1, 0.15) is 5.82 Å². The van der Waals surface area contributed by atoms with Crippen molar-refractivity contribution in [3.8, 4) is 0 Å². The van der Waals surface area contributed by atoms with Crippen molar-refractivity contribution in [2.75, 3.05) is 12.4 Å². The fourth-order valence-electron chi connectivity index (χ4n) is 1.97. The quantitative estimate of drug-likeness (QED) is 0.834. The molecule has 1 heterocycles. The van der Waals surface area contributed by atoms with Crippen LogP contribution >= 0.6 is 0 Å². The Morgan fingerprint density at radius 1 is 1.33 bits per heavy atom. The molecule has 0 saturated heterocycles. The van der Waals surface area contributed by atoms with Gasteiger partial charge in [0.05, 0.1) is 18.4 Å². The number of H-pyrrole nitrogens is 1. The number of nitrogens with zero attached hydrogens (tertiary/aromatic N) is 2. The first-order valence-corrected chi connectivity index (χ1v) is 6.60. The lowest BCUT2D eigenvalue weighted by molar-refractivity contribution is 0.0602. The first-order valence-electron chi connectivity index (χ1n) is 6.60. The van der Waals surface area contributed by atoms with Crippen molar-refractivity contribution in [3.05, 3.63) is 41.5 Å². The number of anilines is 1. The zero-order valence-corrected chi connectivity index (χ0v) is 11.4. The standard InChI is InChI=1S/C14H14N4O3/c1-21-14(20)9-4-2-3-5-10(9)15-13(19)12-16-11(17-18-12)8-6-7-8/h2-5,8H,6-7H2,1H3,(H,15,19)(H,16,17,18). The van der Waals surface area contributed by atoms with Gasteiger partial charge in [-0.1, -0.05) is 12.1 Å². The van der Waals surface area contributed by atoms with E-state index in [2.05, 4.69) is 25.2 Å². The van der Waals surface area contributed by atoms with Gasteiger partial charge in [-0.05, 0) is 25.0 Å². The largest absolute Gasteiger partial charge is 0.465 e. The Hall–Kier alpha value is -2.70. The van der Waals surface area contributed by atoms with Gasteiger partial charge in [-0.2, -0.15) is 0 Å². The third-order valence-electron chi connectivity index (χ3n) is 3.25. The predicted octanol–water partition coefficient (Wildman–Crippen LogP) is 1.72. The van der Waals surface area contributed by atoms with Gasteiger partial charge >= 0.3 is 5.97 Å². The summed E-state index contributed by atoms with van der Waals surface area (Å²) in [5.74, 6) is 0.216. The molecule has 108 valence electrons. The topological polar surface area (TPSA) is 97.0 Å². The summed E-state index contributed by atoms with van der Waals surface area (Å²) in [6.45, 7) is 0. The average Bonchev–Trinajstić information content (AvgIpc) is 3.24. The summed E-state index contributed by atoms with van der Waals surface area (Å²) in [5, 5.41) is 9.30. The molecule has 2 N–H and O–H groups in total. The average molecular weight is 286 g/mol.